The summed E-state index contributed by atoms with van der Waals surface area (Å²) in [4.78, 5) is 3.98. The van der Waals surface area contributed by atoms with Gasteiger partial charge in [-0.15, -0.1) is 22.7 Å². The maximum absolute atomic E-state index is 6.24. The van der Waals surface area contributed by atoms with E-state index in [9.17, 15) is 0 Å². The SMILES string of the molecule is Cn1nc(-c2cc3c(s2)CCC3)c(-c2cccs2)c1N. The second kappa shape index (κ2) is 4.46. The molecule has 0 unspecified atom stereocenters. The van der Waals surface area contributed by atoms with Gasteiger partial charge >= 0.3 is 0 Å². The molecule has 0 fully saturated rings. The Bertz CT molecular complexity index is 744. The number of rotatable bonds is 2. The summed E-state index contributed by atoms with van der Waals surface area (Å²) in [7, 11) is 1.91. The van der Waals surface area contributed by atoms with Crippen LogP contribution in [0.2, 0.25) is 0 Å². The van der Waals surface area contributed by atoms with Gasteiger partial charge in [0.15, 0.2) is 0 Å². The standard InChI is InChI=1S/C15H15N3S2/c1-18-15(16)13(11-6-3-7-19-11)14(17-18)12-8-9-4-2-5-10(9)20-12/h3,6-8H,2,4-5,16H2,1H3. The topological polar surface area (TPSA) is 43.8 Å². The third kappa shape index (κ3) is 1.73. The van der Waals surface area contributed by atoms with E-state index in [0.29, 0.717) is 0 Å². The minimum Gasteiger partial charge on any atom is -0.383 e. The summed E-state index contributed by atoms with van der Waals surface area (Å²) in [6.45, 7) is 0. The number of anilines is 1. The van der Waals surface area contributed by atoms with Crippen LogP contribution in [-0.2, 0) is 19.9 Å². The van der Waals surface area contributed by atoms with Gasteiger partial charge in [-0.25, -0.2) is 0 Å². The van der Waals surface area contributed by atoms with E-state index >= 15 is 0 Å². The van der Waals surface area contributed by atoms with Crippen molar-refractivity contribution in [1.29, 1.82) is 0 Å². The number of aromatic nitrogens is 2. The Hall–Kier alpha value is -1.59. The summed E-state index contributed by atoms with van der Waals surface area (Å²) in [6, 6.07) is 6.49. The first-order chi connectivity index (χ1) is 9.74. The summed E-state index contributed by atoms with van der Waals surface area (Å²) in [6.07, 6.45) is 3.72. The molecule has 3 heterocycles. The number of hydrogen-bond donors (Lipinski definition) is 1. The molecule has 0 amide bonds. The van der Waals surface area contributed by atoms with E-state index in [4.69, 9.17) is 5.73 Å². The fraction of sp³-hybridized carbons (Fsp3) is 0.267. The summed E-state index contributed by atoms with van der Waals surface area (Å²) < 4.78 is 1.79. The zero-order valence-corrected chi connectivity index (χ0v) is 12.9. The maximum Gasteiger partial charge on any atom is 0.130 e. The first-order valence-electron chi connectivity index (χ1n) is 6.72. The van der Waals surface area contributed by atoms with Crippen molar-refractivity contribution >= 4 is 28.5 Å². The molecule has 1 aliphatic rings. The van der Waals surface area contributed by atoms with Gasteiger partial charge in [0.25, 0.3) is 0 Å². The Morgan fingerprint density at radius 2 is 2.20 bits per heavy atom. The number of nitrogen functional groups attached to an aromatic ring is 1. The lowest BCUT2D eigenvalue weighted by Crippen LogP contribution is -1.97. The molecular weight excluding hydrogens is 286 g/mol. The van der Waals surface area contributed by atoms with Crippen LogP contribution in [0.1, 0.15) is 16.9 Å². The Balaban J connectivity index is 1.91. The molecule has 1 aliphatic carbocycles. The smallest absolute Gasteiger partial charge is 0.130 e. The molecule has 20 heavy (non-hydrogen) atoms. The molecule has 3 nitrogen and oxygen atoms in total. The molecule has 3 aromatic rings. The molecule has 0 bridgehead atoms. The van der Waals surface area contributed by atoms with Crippen LogP contribution in [0.4, 0.5) is 5.82 Å². The summed E-state index contributed by atoms with van der Waals surface area (Å²) in [5.41, 5.74) is 9.86. The van der Waals surface area contributed by atoms with Crippen molar-refractivity contribution in [2.45, 2.75) is 19.3 Å². The van der Waals surface area contributed by atoms with Gasteiger partial charge in [0.2, 0.25) is 0 Å². The van der Waals surface area contributed by atoms with Gasteiger partial charge in [0.05, 0.1) is 10.4 Å². The van der Waals surface area contributed by atoms with Gasteiger partial charge in [0.1, 0.15) is 11.5 Å². The molecule has 5 heteroatoms. The molecular formula is C15H15N3S2. The number of fused-ring (bicyclic) bond motifs is 1. The van der Waals surface area contributed by atoms with Crippen LogP contribution in [0.25, 0.3) is 21.0 Å². The highest BCUT2D eigenvalue weighted by molar-refractivity contribution is 7.16. The van der Waals surface area contributed by atoms with E-state index in [-0.39, 0.29) is 0 Å². The van der Waals surface area contributed by atoms with E-state index in [1.54, 1.807) is 16.0 Å². The van der Waals surface area contributed by atoms with Crippen molar-refractivity contribution in [2.24, 2.45) is 7.05 Å². The number of thiophene rings is 2. The molecule has 0 atom stereocenters. The lowest BCUT2D eigenvalue weighted by molar-refractivity contribution is 0.783. The molecule has 0 radical (unpaired) electrons. The highest BCUT2D eigenvalue weighted by atomic mass is 32.1. The van der Waals surface area contributed by atoms with Crippen molar-refractivity contribution in [2.75, 3.05) is 5.73 Å². The minimum absolute atomic E-state index is 0.746. The fourth-order valence-electron chi connectivity index (χ4n) is 2.82. The normalized spacial score (nSPS) is 13.8. The molecule has 0 aromatic carbocycles. The van der Waals surface area contributed by atoms with E-state index in [1.165, 1.54) is 39.5 Å². The van der Waals surface area contributed by atoms with E-state index in [2.05, 4.69) is 28.7 Å². The fourth-order valence-corrected chi connectivity index (χ4v) is 4.84. The summed E-state index contributed by atoms with van der Waals surface area (Å²) in [5.74, 6) is 0.746. The van der Waals surface area contributed by atoms with Crippen molar-refractivity contribution in [1.82, 2.24) is 9.78 Å². The van der Waals surface area contributed by atoms with Crippen LogP contribution < -0.4 is 5.73 Å². The maximum atomic E-state index is 6.24. The van der Waals surface area contributed by atoms with Crippen molar-refractivity contribution in [3.63, 3.8) is 0 Å². The molecule has 0 saturated carbocycles. The quantitative estimate of drug-likeness (QED) is 0.779. The molecule has 102 valence electrons. The zero-order chi connectivity index (χ0) is 13.7. The van der Waals surface area contributed by atoms with Crippen LogP contribution in [-0.4, -0.2) is 9.78 Å². The average molecular weight is 301 g/mol. The molecule has 0 spiro atoms. The molecule has 0 saturated heterocycles. The Kier molecular flexibility index (Phi) is 2.72. The largest absolute Gasteiger partial charge is 0.383 e. The zero-order valence-electron chi connectivity index (χ0n) is 11.2. The predicted molar refractivity (Wildman–Crippen MR) is 86.3 cm³/mol. The number of nitrogens with zero attached hydrogens (tertiary/aromatic N) is 2. The predicted octanol–water partition coefficient (Wildman–Crippen LogP) is 3.95. The van der Waals surface area contributed by atoms with Crippen molar-refractivity contribution < 1.29 is 0 Å². The average Bonchev–Trinajstić information content (AvgIpc) is 3.14. The van der Waals surface area contributed by atoms with Crippen molar-refractivity contribution in [3.05, 3.63) is 34.0 Å². The van der Waals surface area contributed by atoms with Crippen LogP contribution in [0.15, 0.2) is 23.6 Å². The first kappa shape index (κ1) is 12.2. The third-order valence-electron chi connectivity index (χ3n) is 3.84. The van der Waals surface area contributed by atoms with Gasteiger partial charge in [-0.3, -0.25) is 4.68 Å². The first-order valence-corrected chi connectivity index (χ1v) is 8.42. The lowest BCUT2D eigenvalue weighted by Gasteiger charge is -1.99. The number of hydrogen-bond acceptors (Lipinski definition) is 4. The van der Waals surface area contributed by atoms with E-state index in [0.717, 1.165) is 17.1 Å². The highest BCUT2D eigenvalue weighted by Crippen LogP contribution is 2.43. The second-order valence-electron chi connectivity index (χ2n) is 5.12. The minimum atomic E-state index is 0.746. The van der Waals surface area contributed by atoms with Gasteiger partial charge in [-0.2, -0.15) is 5.10 Å². The van der Waals surface area contributed by atoms with Crippen LogP contribution in [0, 0.1) is 0 Å². The summed E-state index contributed by atoms with van der Waals surface area (Å²) >= 11 is 3.60. The van der Waals surface area contributed by atoms with Crippen LogP contribution in [0.3, 0.4) is 0 Å². The van der Waals surface area contributed by atoms with Gasteiger partial charge < -0.3 is 5.73 Å². The summed E-state index contributed by atoms with van der Waals surface area (Å²) in [5, 5.41) is 6.74. The monoisotopic (exact) mass is 301 g/mol. The highest BCUT2D eigenvalue weighted by Gasteiger charge is 2.22. The van der Waals surface area contributed by atoms with Gasteiger partial charge in [-0.05, 0) is 42.3 Å². The van der Waals surface area contributed by atoms with Crippen LogP contribution in [0.5, 0.6) is 0 Å². The van der Waals surface area contributed by atoms with Gasteiger partial charge in [-0.1, -0.05) is 6.07 Å². The Morgan fingerprint density at radius 1 is 1.30 bits per heavy atom. The van der Waals surface area contributed by atoms with Crippen LogP contribution >= 0.6 is 22.7 Å². The lowest BCUT2D eigenvalue weighted by atomic mass is 10.1. The second-order valence-corrected chi connectivity index (χ2v) is 7.21. The van der Waals surface area contributed by atoms with E-state index in [1.807, 2.05) is 18.4 Å². The Morgan fingerprint density at radius 3 is 2.95 bits per heavy atom. The molecule has 4 rings (SSSR count). The number of aryl methyl sites for hydroxylation is 3. The van der Waals surface area contributed by atoms with E-state index < -0.39 is 0 Å². The molecule has 0 aliphatic heterocycles. The number of nitrogens with two attached hydrogens (primary N) is 1. The van der Waals surface area contributed by atoms with Crippen molar-refractivity contribution in [3.8, 4) is 21.0 Å². The molecule has 2 N–H and O–H groups in total. The Labute approximate surface area is 125 Å². The van der Waals surface area contributed by atoms with Gasteiger partial charge in [0, 0.05) is 16.8 Å². The third-order valence-corrected chi connectivity index (χ3v) is 5.97. The molecule has 3 aromatic heterocycles.